The Kier molecular flexibility index (Phi) is 9.84. The molecule has 1 aliphatic heterocycles. The Morgan fingerprint density at radius 2 is 2.00 bits per heavy atom. The summed E-state index contributed by atoms with van der Waals surface area (Å²) in [6.07, 6.45) is 9.58. The second-order valence-corrected chi connectivity index (χ2v) is 11.0. The lowest BCUT2D eigenvalue weighted by atomic mass is 9.96. The molecule has 0 radical (unpaired) electrons. The minimum atomic E-state index is -0.278. The number of amides is 1. The summed E-state index contributed by atoms with van der Waals surface area (Å²) in [7, 11) is 0. The van der Waals surface area contributed by atoms with Crippen LogP contribution in [0.1, 0.15) is 50.5 Å². The van der Waals surface area contributed by atoms with Gasteiger partial charge in [-0.15, -0.1) is 5.10 Å². The predicted octanol–water partition coefficient (Wildman–Crippen LogP) is 6.73. The molecule has 1 saturated heterocycles. The molecular formula is C31H33Cl2N7O2. The van der Waals surface area contributed by atoms with Crippen LogP contribution in [0.25, 0.3) is 23.0 Å². The zero-order chi connectivity index (χ0) is 29.5. The first-order valence-electron chi connectivity index (χ1n) is 14.0. The van der Waals surface area contributed by atoms with E-state index in [1.165, 1.54) is 16.6 Å². The maximum absolute atomic E-state index is 13.8. The quantitative estimate of drug-likeness (QED) is 0.116. The Labute approximate surface area is 255 Å². The predicted molar refractivity (Wildman–Crippen MR) is 164 cm³/mol. The molecule has 1 amide bonds. The molecular weight excluding hydrogens is 573 g/mol. The smallest absolute Gasteiger partial charge is 0.247 e. The SMILES string of the molecule is CCCOCCC=C(C)C1CC(c2nc(-c3ccccc3)c(Cl)[nH]2)N(C(=O)C=Cc2cc(Cl)ccc2-n2cnnn2)C1. The van der Waals surface area contributed by atoms with Crippen LogP contribution in [0, 0.1) is 5.92 Å². The average molecular weight is 607 g/mol. The molecule has 2 aromatic carbocycles. The molecule has 2 aromatic heterocycles. The summed E-state index contributed by atoms with van der Waals surface area (Å²) in [5.41, 5.74) is 4.24. The van der Waals surface area contributed by atoms with Crippen molar-refractivity contribution >= 4 is 35.2 Å². The van der Waals surface area contributed by atoms with Gasteiger partial charge in [0.2, 0.25) is 5.91 Å². The molecule has 3 heterocycles. The van der Waals surface area contributed by atoms with Crippen molar-refractivity contribution in [1.29, 1.82) is 0 Å². The van der Waals surface area contributed by atoms with Gasteiger partial charge >= 0.3 is 0 Å². The number of likely N-dealkylation sites (tertiary alicyclic amines) is 1. The van der Waals surface area contributed by atoms with E-state index in [9.17, 15) is 4.79 Å². The monoisotopic (exact) mass is 605 g/mol. The van der Waals surface area contributed by atoms with Crippen molar-refractivity contribution in [3.05, 3.63) is 94.1 Å². The summed E-state index contributed by atoms with van der Waals surface area (Å²) < 4.78 is 7.18. The first-order chi connectivity index (χ1) is 20.4. The number of nitrogens with zero attached hydrogens (tertiary/aromatic N) is 6. The molecule has 42 heavy (non-hydrogen) atoms. The zero-order valence-corrected chi connectivity index (χ0v) is 25.1. The summed E-state index contributed by atoms with van der Waals surface area (Å²) in [6.45, 7) is 6.23. The second-order valence-electron chi connectivity index (χ2n) is 10.2. The van der Waals surface area contributed by atoms with Crippen molar-refractivity contribution in [2.75, 3.05) is 19.8 Å². The van der Waals surface area contributed by atoms with Gasteiger partial charge in [-0.05, 0) is 66.8 Å². The van der Waals surface area contributed by atoms with Crippen molar-refractivity contribution in [2.24, 2.45) is 5.92 Å². The maximum Gasteiger partial charge on any atom is 0.247 e. The summed E-state index contributed by atoms with van der Waals surface area (Å²) in [6, 6.07) is 14.8. The first-order valence-corrected chi connectivity index (χ1v) is 14.8. The van der Waals surface area contributed by atoms with E-state index in [-0.39, 0.29) is 17.9 Å². The van der Waals surface area contributed by atoms with Crippen LogP contribution in [-0.2, 0) is 9.53 Å². The lowest BCUT2D eigenvalue weighted by Crippen LogP contribution is -2.30. The van der Waals surface area contributed by atoms with Gasteiger partial charge in [-0.3, -0.25) is 4.79 Å². The first kappa shape index (κ1) is 29.7. The van der Waals surface area contributed by atoms with E-state index < -0.39 is 0 Å². The van der Waals surface area contributed by atoms with E-state index in [4.69, 9.17) is 32.9 Å². The molecule has 2 atom stereocenters. The minimum absolute atomic E-state index is 0.141. The van der Waals surface area contributed by atoms with Gasteiger partial charge in [0.15, 0.2) is 0 Å². The lowest BCUT2D eigenvalue weighted by molar-refractivity contribution is -0.127. The number of H-pyrrole nitrogens is 1. The van der Waals surface area contributed by atoms with Crippen LogP contribution in [0.5, 0.6) is 0 Å². The molecule has 0 bridgehead atoms. The Morgan fingerprint density at radius 1 is 1.17 bits per heavy atom. The number of aromatic amines is 1. The number of carbonyl (C=O) groups is 1. The molecule has 9 nitrogen and oxygen atoms in total. The minimum Gasteiger partial charge on any atom is -0.381 e. The fourth-order valence-electron chi connectivity index (χ4n) is 5.16. The van der Waals surface area contributed by atoms with Gasteiger partial charge in [-0.1, -0.05) is 72.1 Å². The van der Waals surface area contributed by atoms with Gasteiger partial charge in [-0.25, -0.2) is 4.98 Å². The van der Waals surface area contributed by atoms with Crippen LogP contribution in [0.3, 0.4) is 0 Å². The lowest BCUT2D eigenvalue weighted by Gasteiger charge is -2.21. The number of hydrogen-bond acceptors (Lipinski definition) is 6. The molecule has 11 heteroatoms. The Morgan fingerprint density at radius 3 is 2.76 bits per heavy atom. The molecule has 4 aromatic rings. The summed E-state index contributed by atoms with van der Waals surface area (Å²) >= 11 is 12.9. The molecule has 0 spiro atoms. The van der Waals surface area contributed by atoms with E-state index in [1.807, 2.05) is 41.3 Å². The topological polar surface area (TPSA) is 102 Å². The van der Waals surface area contributed by atoms with E-state index in [1.54, 1.807) is 24.3 Å². The number of nitrogens with one attached hydrogen (secondary N) is 1. The third kappa shape index (κ3) is 6.98. The number of imidazole rings is 1. The highest BCUT2D eigenvalue weighted by Crippen LogP contribution is 2.40. The van der Waals surface area contributed by atoms with Crippen molar-refractivity contribution in [1.82, 2.24) is 35.1 Å². The fourth-order valence-corrected chi connectivity index (χ4v) is 5.59. The van der Waals surface area contributed by atoms with Crippen molar-refractivity contribution in [3.63, 3.8) is 0 Å². The fraction of sp³-hybridized carbons (Fsp3) is 0.323. The van der Waals surface area contributed by atoms with Gasteiger partial charge in [0.25, 0.3) is 0 Å². The standard InChI is InChI=1S/C31H33Cl2N7O2/c1-3-15-42-16-7-8-21(2)24-18-27(31-35-29(30(33)36-31)22-9-5-4-6-10-22)39(19-24)28(41)14-11-23-17-25(32)12-13-26(23)40-20-34-37-38-40/h4-6,8-14,17,20,24,27H,3,7,15-16,18-19H2,1-2H3,(H,35,36). The highest BCUT2D eigenvalue weighted by atomic mass is 35.5. The molecule has 5 rings (SSSR count). The molecule has 0 saturated carbocycles. The largest absolute Gasteiger partial charge is 0.381 e. The van der Waals surface area contributed by atoms with Crippen molar-refractivity contribution < 1.29 is 9.53 Å². The number of halogens is 2. The Balaban J connectivity index is 1.42. The third-order valence-corrected chi connectivity index (χ3v) is 7.85. The van der Waals surface area contributed by atoms with Crippen LogP contribution in [0.15, 0.2) is 72.6 Å². The van der Waals surface area contributed by atoms with Gasteiger partial charge < -0.3 is 14.6 Å². The molecule has 2 unspecified atom stereocenters. The number of benzene rings is 2. The maximum atomic E-state index is 13.8. The van der Waals surface area contributed by atoms with E-state index >= 15 is 0 Å². The number of ether oxygens (including phenoxy) is 1. The van der Waals surface area contributed by atoms with E-state index in [0.29, 0.717) is 46.1 Å². The van der Waals surface area contributed by atoms with Crippen molar-refractivity contribution in [2.45, 2.75) is 39.2 Å². The summed E-state index contributed by atoms with van der Waals surface area (Å²) in [5, 5.41) is 12.4. The van der Waals surface area contributed by atoms with Crippen LogP contribution < -0.4 is 0 Å². The number of carbonyl (C=O) groups excluding carboxylic acids is 1. The number of aromatic nitrogens is 6. The Bertz CT molecular complexity index is 1550. The van der Waals surface area contributed by atoms with Crippen LogP contribution in [-0.4, -0.2) is 60.7 Å². The van der Waals surface area contributed by atoms with Gasteiger partial charge in [0.1, 0.15) is 23.0 Å². The Hall–Kier alpha value is -3.79. The normalized spacial score (nSPS) is 17.4. The number of rotatable bonds is 11. The molecule has 1 N–H and O–H groups in total. The summed E-state index contributed by atoms with van der Waals surface area (Å²) in [4.78, 5) is 23.8. The van der Waals surface area contributed by atoms with Crippen LogP contribution in [0.2, 0.25) is 10.2 Å². The highest BCUT2D eigenvalue weighted by molar-refractivity contribution is 6.32. The van der Waals surface area contributed by atoms with Crippen LogP contribution in [0.4, 0.5) is 0 Å². The average Bonchev–Trinajstić information content (AvgIpc) is 3.76. The molecule has 1 aliphatic rings. The molecule has 218 valence electrons. The third-order valence-electron chi connectivity index (χ3n) is 7.34. The number of tetrazole rings is 1. The van der Waals surface area contributed by atoms with E-state index in [0.717, 1.165) is 31.4 Å². The highest BCUT2D eigenvalue weighted by Gasteiger charge is 2.38. The van der Waals surface area contributed by atoms with Gasteiger partial charge in [0, 0.05) is 35.4 Å². The zero-order valence-electron chi connectivity index (χ0n) is 23.6. The van der Waals surface area contributed by atoms with E-state index in [2.05, 4.69) is 40.4 Å². The van der Waals surface area contributed by atoms with Crippen LogP contribution >= 0.6 is 23.2 Å². The second kappa shape index (κ2) is 13.9. The van der Waals surface area contributed by atoms with Gasteiger partial charge in [0.05, 0.1) is 18.3 Å². The number of hydrogen-bond donors (Lipinski definition) is 1. The molecule has 0 aliphatic carbocycles. The van der Waals surface area contributed by atoms with Gasteiger partial charge in [-0.2, -0.15) is 4.68 Å². The molecule has 1 fully saturated rings. The summed E-state index contributed by atoms with van der Waals surface area (Å²) in [5.74, 6) is 0.697. The van der Waals surface area contributed by atoms with Crippen molar-refractivity contribution in [3.8, 4) is 16.9 Å².